The van der Waals surface area contributed by atoms with Crippen molar-refractivity contribution in [1.82, 2.24) is 14.8 Å². The molecule has 0 fully saturated rings. The highest BCUT2D eigenvalue weighted by Gasteiger charge is 2.18. The van der Waals surface area contributed by atoms with Gasteiger partial charge in [0.25, 0.3) is 16.0 Å². The molecule has 0 bridgehead atoms. The molecule has 1 N–H and O–H groups in total. The predicted molar refractivity (Wildman–Crippen MR) is 93.4 cm³/mol. The molecule has 0 aliphatic heterocycles. The first kappa shape index (κ1) is 16.4. The lowest BCUT2D eigenvalue weighted by molar-refractivity contribution is 0.602. The zero-order valence-electron chi connectivity index (χ0n) is 11.5. The van der Waals surface area contributed by atoms with Gasteiger partial charge in [-0.2, -0.15) is 4.98 Å². The number of hydrogen-bond donors (Lipinski definition) is 1. The van der Waals surface area contributed by atoms with Gasteiger partial charge in [0.05, 0.1) is 10.3 Å². The van der Waals surface area contributed by atoms with Crippen LogP contribution in [0.4, 0.5) is 5.95 Å². The predicted octanol–water partition coefficient (Wildman–Crippen LogP) is 3.60. The number of halogens is 2. The van der Waals surface area contributed by atoms with Crippen LogP contribution in [0.1, 0.15) is 5.56 Å². The van der Waals surface area contributed by atoms with Crippen molar-refractivity contribution < 1.29 is 8.42 Å². The highest BCUT2D eigenvalue weighted by atomic mass is 79.9. The first-order chi connectivity index (χ1) is 10.9. The van der Waals surface area contributed by atoms with Crippen LogP contribution in [0.5, 0.6) is 0 Å². The molecule has 0 saturated carbocycles. The minimum absolute atomic E-state index is 0.0310. The van der Waals surface area contributed by atoms with E-state index in [9.17, 15) is 8.42 Å². The molecule has 0 unspecified atom stereocenters. The van der Waals surface area contributed by atoms with Gasteiger partial charge in [-0.25, -0.2) is 17.8 Å². The first-order valence-electron chi connectivity index (χ1n) is 6.34. The van der Waals surface area contributed by atoms with Crippen LogP contribution in [-0.4, -0.2) is 23.2 Å². The van der Waals surface area contributed by atoms with Gasteiger partial charge >= 0.3 is 0 Å². The van der Waals surface area contributed by atoms with Crippen molar-refractivity contribution in [2.75, 3.05) is 4.72 Å². The number of anilines is 1. The Kier molecular flexibility index (Phi) is 4.72. The van der Waals surface area contributed by atoms with Crippen molar-refractivity contribution in [3.05, 3.63) is 57.1 Å². The van der Waals surface area contributed by atoms with Crippen LogP contribution >= 0.6 is 38.9 Å². The van der Waals surface area contributed by atoms with Gasteiger partial charge in [0.2, 0.25) is 0 Å². The topological polar surface area (TPSA) is 76.9 Å². The van der Waals surface area contributed by atoms with Crippen molar-refractivity contribution in [3.63, 3.8) is 0 Å². The SMILES string of the molecule is O=S(=O)(Nc1ncn(Cc2ccc(Cl)cc2)n1)c1ccc(Br)s1. The first-order valence-corrected chi connectivity index (χ1v) is 9.81. The van der Waals surface area contributed by atoms with Crippen LogP contribution in [-0.2, 0) is 16.6 Å². The summed E-state index contributed by atoms with van der Waals surface area (Å²) in [6.07, 6.45) is 1.47. The third-order valence-corrected chi connectivity index (χ3v) is 6.53. The molecule has 120 valence electrons. The average Bonchev–Trinajstić information content (AvgIpc) is 3.11. The van der Waals surface area contributed by atoms with Gasteiger partial charge in [-0.15, -0.1) is 16.4 Å². The van der Waals surface area contributed by atoms with Crippen molar-refractivity contribution in [3.8, 4) is 0 Å². The molecule has 2 aromatic heterocycles. The van der Waals surface area contributed by atoms with Gasteiger partial charge in [-0.1, -0.05) is 23.7 Å². The Hall–Kier alpha value is -1.42. The lowest BCUT2D eigenvalue weighted by Crippen LogP contribution is -2.13. The summed E-state index contributed by atoms with van der Waals surface area (Å²) in [4.78, 5) is 3.98. The van der Waals surface area contributed by atoms with Crippen LogP contribution in [0, 0.1) is 0 Å². The second kappa shape index (κ2) is 6.60. The maximum absolute atomic E-state index is 12.2. The minimum Gasteiger partial charge on any atom is -0.246 e. The van der Waals surface area contributed by atoms with E-state index >= 15 is 0 Å². The molecule has 0 saturated heterocycles. The number of nitrogens with zero attached hydrogens (tertiary/aromatic N) is 3. The van der Waals surface area contributed by atoms with E-state index in [4.69, 9.17) is 11.6 Å². The Morgan fingerprint density at radius 3 is 2.61 bits per heavy atom. The van der Waals surface area contributed by atoms with Crippen molar-refractivity contribution in [1.29, 1.82) is 0 Å². The average molecular weight is 434 g/mol. The number of benzene rings is 1. The largest absolute Gasteiger partial charge is 0.273 e. The lowest BCUT2D eigenvalue weighted by atomic mass is 10.2. The number of thiophene rings is 1. The molecule has 1 aromatic carbocycles. The second-order valence-corrected chi connectivity index (χ2v) is 9.36. The molecule has 3 rings (SSSR count). The smallest absolute Gasteiger partial charge is 0.246 e. The Morgan fingerprint density at radius 1 is 1.22 bits per heavy atom. The molecule has 0 radical (unpaired) electrons. The molecular formula is C13H10BrClN4O2S2. The number of nitrogens with one attached hydrogen (secondary N) is 1. The quantitative estimate of drug-likeness (QED) is 0.667. The van der Waals surface area contributed by atoms with E-state index in [0.29, 0.717) is 11.6 Å². The number of sulfonamides is 1. The molecular weight excluding hydrogens is 424 g/mol. The minimum atomic E-state index is -3.67. The Labute approximate surface area is 150 Å². The van der Waals surface area contributed by atoms with Crippen LogP contribution in [0.3, 0.4) is 0 Å². The highest BCUT2D eigenvalue weighted by molar-refractivity contribution is 9.11. The van der Waals surface area contributed by atoms with Gasteiger partial charge in [0.15, 0.2) is 0 Å². The van der Waals surface area contributed by atoms with E-state index in [1.165, 1.54) is 12.4 Å². The summed E-state index contributed by atoms with van der Waals surface area (Å²) in [6.45, 7) is 0.469. The summed E-state index contributed by atoms with van der Waals surface area (Å²) >= 11 is 10.2. The lowest BCUT2D eigenvalue weighted by Gasteiger charge is -2.02. The van der Waals surface area contributed by atoms with Crippen molar-refractivity contribution in [2.24, 2.45) is 0 Å². The summed E-state index contributed by atoms with van der Waals surface area (Å²) in [5.41, 5.74) is 0.982. The normalized spacial score (nSPS) is 11.6. The van der Waals surface area contributed by atoms with Crippen LogP contribution in [0.15, 0.2) is 50.7 Å². The fourth-order valence-electron chi connectivity index (χ4n) is 1.81. The van der Waals surface area contributed by atoms with E-state index in [1.54, 1.807) is 22.9 Å². The van der Waals surface area contributed by atoms with Crippen LogP contribution < -0.4 is 4.72 Å². The Bertz CT molecular complexity index is 922. The molecule has 0 aliphatic rings. The number of hydrogen-bond acceptors (Lipinski definition) is 5. The summed E-state index contributed by atoms with van der Waals surface area (Å²) in [6, 6.07) is 10.5. The molecule has 0 spiro atoms. The maximum Gasteiger partial charge on any atom is 0.273 e. The molecule has 0 atom stereocenters. The molecule has 0 aliphatic carbocycles. The second-order valence-electron chi connectivity index (χ2n) is 4.56. The van der Waals surface area contributed by atoms with E-state index in [-0.39, 0.29) is 10.2 Å². The van der Waals surface area contributed by atoms with E-state index in [0.717, 1.165) is 20.7 Å². The summed E-state index contributed by atoms with van der Waals surface area (Å²) in [5, 5.41) is 4.78. The highest BCUT2D eigenvalue weighted by Crippen LogP contribution is 2.26. The standard InChI is InChI=1S/C13H10BrClN4O2S2/c14-11-5-6-12(22-11)23(20,21)18-13-16-8-19(17-13)7-9-1-3-10(15)4-2-9/h1-6,8H,7H2,(H,17,18). The molecule has 2 heterocycles. The van der Waals surface area contributed by atoms with Crippen molar-refractivity contribution >= 4 is 54.8 Å². The van der Waals surface area contributed by atoms with Gasteiger partial charge < -0.3 is 0 Å². The van der Waals surface area contributed by atoms with E-state index < -0.39 is 10.0 Å². The monoisotopic (exact) mass is 432 g/mol. The van der Waals surface area contributed by atoms with Crippen molar-refractivity contribution in [2.45, 2.75) is 10.8 Å². The number of rotatable bonds is 5. The van der Waals surface area contributed by atoms with Gasteiger partial charge in [-0.3, -0.25) is 0 Å². The van der Waals surface area contributed by atoms with E-state index in [1.807, 2.05) is 12.1 Å². The molecule has 6 nitrogen and oxygen atoms in total. The fourth-order valence-corrected chi connectivity index (χ4v) is 4.89. The molecule has 23 heavy (non-hydrogen) atoms. The third kappa shape index (κ3) is 4.11. The van der Waals surface area contributed by atoms with Gasteiger partial charge in [-0.05, 0) is 45.8 Å². The summed E-state index contributed by atoms with van der Waals surface area (Å²) in [7, 11) is -3.67. The number of aromatic nitrogens is 3. The van der Waals surface area contributed by atoms with Gasteiger partial charge in [0.1, 0.15) is 10.5 Å². The molecule has 10 heteroatoms. The van der Waals surface area contributed by atoms with Crippen LogP contribution in [0.2, 0.25) is 5.02 Å². The molecule has 3 aromatic rings. The fraction of sp³-hybridized carbons (Fsp3) is 0.0769. The van der Waals surface area contributed by atoms with Crippen LogP contribution in [0.25, 0.3) is 0 Å². The zero-order chi connectivity index (χ0) is 16.4. The zero-order valence-corrected chi connectivity index (χ0v) is 15.5. The Morgan fingerprint density at radius 2 is 1.96 bits per heavy atom. The van der Waals surface area contributed by atoms with Gasteiger partial charge in [0, 0.05) is 5.02 Å². The summed E-state index contributed by atoms with van der Waals surface area (Å²) in [5.74, 6) is 0.0310. The third-order valence-electron chi connectivity index (χ3n) is 2.83. The van der Waals surface area contributed by atoms with E-state index in [2.05, 4.69) is 30.7 Å². The molecule has 0 amide bonds. The maximum atomic E-state index is 12.2. The summed E-state index contributed by atoms with van der Waals surface area (Å²) < 4.78 is 29.2. The Balaban J connectivity index is 1.73.